The van der Waals surface area contributed by atoms with E-state index in [1.807, 2.05) is 54.6 Å². The molecular formula is C18H20BNO4. The van der Waals surface area contributed by atoms with Crippen molar-refractivity contribution in [3.63, 3.8) is 0 Å². The maximum Gasteiger partial charge on any atom is 0.475 e. The maximum absolute atomic E-state index is 12.2. The van der Waals surface area contributed by atoms with Crippen LogP contribution in [0.1, 0.15) is 23.5 Å². The van der Waals surface area contributed by atoms with Crippen LogP contribution in [0.5, 0.6) is 5.75 Å². The second kappa shape index (κ2) is 7.51. The van der Waals surface area contributed by atoms with Gasteiger partial charge < -0.3 is 20.1 Å². The Morgan fingerprint density at radius 3 is 2.62 bits per heavy atom. The molecule has 0 aliphatic carbocycles. The minimum atomic E-state index is -1.61. The highest BCUT2D eigenvalue weighted by molar-refractivity contribution is 6.43. The zero-order valence-corrected chi connectivity index (χ0v) is 13.3. The Hall–Kier alpha value is -2.31. The van der Waals surface area contributed by atoms with Gasteiger partial charge in [-0.05, 0) is 18.1 Å². The van der Waals surface area contributed by atoms with Crippen LogP contribution in [-0.2, 0) is 11.2 Å². The lowest BCUT2D eigenvalue weighted by Crippen LogP contribution is -2.47. The van der Waals surface area contributed by atoms with Gasteiger partial charge in [0.25, 0.3) is 0 Å². The SMILES string of the molecule is O=C(Cc1ccccc1)N[C@@H](CC1COc2ccccc21)B(O)O. The number of hydrogen-bond donors (Lipinski definition) is 3. The molecule has 1 aliphatic rings. The monoisotopic (exact) mass is 325 g/mol. The molecule has 0 saturated heterocycles. The highest BCUT2D eigenvalue weighted by atomic mass is 16.5. The standard InChI is InChI=1S/C18H20BNO4/c21-18(10-13-6-2-1-3-7-13)20-17(19(22)23)11-14-12-24-16-9-5-4-8-15(14)16/h1-9,14,17,22-23H,10-12H2,(H,20,21)/t14?,17-/m0/s1. The van der Waals surface area contributed by atoms with Crippen molar-refractivity contribution in [3.8, 4) is 5.75 Å². The molecule has 1 amide bonds. The summed E-state index contributed by atoms with van der Waals surface area (Å²) in [5.41, 5.74) is 1.93. The molecule has 0 saturated carbocycles. The third-order valence-corrected chi connectivity index (χ3v) is 4.25. The second-order valence-corrected chi connectivity index (χ2v) is 6.03. The number of benzene rings is 2. The topological polar surface area (TPSA) is 78.8 Å². The first-order valence-electron chi connectivity index (χ1n) is 8.04. The van der Waals surface area contributed by atoms with Gasteiger partial charge in [0.1, 0.15) is 5.75 Å². The molecular weight excluding hydrogens is 305 g/mol. The molecule has 5 nitrogen and oxygen atoms in total. The molecule has 2 atom stereocenters. The number of ether oxygens (including phenoxy) is 1. The van der Waals surface area contributed by atoms with Crippen LogP contribution in [0.25, 0.3) is 0 Å². The van der Waals surface area contributed by atoms with Crippen LogP contribution in [0.2, 0.25) is 0 Å². The summed E-state index contributed by atoms with van der Waals surface area (Å²) in [5.74, 6) is -0.109. The lowest BCUT2D eigenvalue weighted by atomic mass is 9.73. The van der Waals surface area contributed by atoms with E-state index < -0.39 is 13.1 Å². The number of fused-ring (bicyclic) bond motifs is 1. The molecule has 2 aromatic rings. The average Bonchev–Trinajstić information content (AvgIpc) is 2.98. The molecule has 0 bridgehead atoms. The van der Waals surface area contributed by atoms with Crippen LogP contribution in [0.3, 0.4) is 0 Å². The molecule has 0 aromatic heterocycles. The maximum atomic E-state index is 12.2. The van der Waals surface area contributed by atoms with E-state index in [-0.39, 0.29) is 18.2 Å². The van der Waals surface area contributed by atoms with E-state index in [9.17, 15) is 14.8 Å². The van der Waals surface area contributed by atoms with Crippen LogP contribution in [0.4, 0.5) is 0 Å². The van der Waals surface area contributed by atoms with E-state index in [0.29, 0.717) is 13.0 Å². The lowest BCUT2D eigenvalue weighted by Gasteiger charge is -2.21. The van der Waals surface area contributed by atoms with Gasteiger partial charge in [-0.2, -0.15) is 0 Å². The van der Waals surface area contributed by atoms with Crippen molar-refractivity contribution in [2.24, 2.45) is 0 Å². The Balaban J connectivity index is 1.62. The van der Waals surface area contributed by atoms with Gasteiger partial charge in [0.05, 0.1) is 19.0 Å². The van der Waals surface area contributed by atoms with Crippen LogP contribution in [0, 0.1) is 0 Å². The Kier molecular flexibility index (Phi) is 5.18. The Morgan fingerprint density at radius 2 is 1.88 bits per heavy atom. The molecule has 2 aromatic carbocycles. The normalized spacial score (nSPS) is 16.8. The van der Waals surface area contributed by atoms with Crippen molar-refractivity contribution in [1.29, 1.82) is 0 Å². The van der Waals surface area contributed by atoms with Crippen LogP contribution >= 0.6 is 0 Å². The molecule has 6 heteroatoms. The van der Waals surface area contributed by atoms with Crippen molar-refractivity contribution < 1.29 is 19.6 Å². The van der Waals surface area contributed by atoms with Gasteiger partial charge >= 0.3 is 7.12 Å². The zero-order valence-electron chi connectivity index (χ0n) is 13.3. The van der Waals surface area contributed by atoms with Gasteiger partial charge in [-0.1, -0.05) is 48.5 Å². The van der Waals surface area contributed by atoms with Gasteiger partial charge in [-0.15, -0.1) is 0 Å². The van der Waals surface area contributed by atoms with Crippen molar-refractivity contribution in [1.82, 2.24) is 5.32 Å². The van der Waals surface area contributed by atoms with Crippen LogP contribution < -0.4 is 10.1 Å². The molecule has 0 fully saturated rings. The minimum Gasteiger partial charge on any atom is -0.493 e. The molecule has 3 rings (SSSR count). The van der Waals surface area contributed by atoms with E-state index in [4.69, 9.17) is 4.74 Å². The molecule has 0 radical (unpaired) electrons. The fraction of sp³-hybridized carbons (Fsp3) is 0.278. The lowest BCUT2D eigenvalue weighted by molar-refractivity contribution is -0.120. The van der Waals surface area contributed by atoms with Crippen molar-refractivity contribution in [2.75, 3.05) is 6.61 Å². The van der Waals surface area contributed by atoms with E-state index in [1.54, 1.807) is 0 Å². The molecule has 1 heterocycles. The van der Waals surface area contributed by atoms with E-state index >= 15 is 0 Å². The third-order valence-electron chi connectivity index (χ3n) is 4.25. The quantitative estimate of drug-likeness (QED) is 0.700. The molecule has 1 aliphatic heterocycles. The smallest absolute Gasteiger partial charge is 0.475 e. The Bertz CT molecular complexity index is 692. The summed E-state index contributed by atoms with van der Waals surface area (Å²) in [4.78, 5) is 12.2. The molecule has 1 unspecified atom stereocenters. The summed E-state index contributed by atoms with van der Waals surface area (Å²) in [6.45, 7) is 0.483. The minimum absolute atomic E-state index is 0.0324. The first kappa shape index (κ1) is 16.5. The van der Waals surface area contributed by atoms with E-state index in [1.165, 1.54) is 0 Å². The first-order chi connectivity index (χ1) is 11.6. The summed E-state index contributed by atoms with van der Waals surface area (Å²) in [6.07, 6.45) is 0.622. The Morgan fingerprint density at radius 1 is 1.17 bits per heavy atom. The van der Waals surface area contributed by atoms with Crippen molar-refractivity contribution >= 4 is 13.0 Å². The van der Waals surface area contributed by atoms with Gasteiger partial charge in [-0.25, -0.2) is 0 Å². The Labute approximate surface area is 141 Å². The summed E-state index contributed by atoms with van der Waals surface area (Å²) in [5, 5.41) is 22.0. The molecule has 124 valence electrons. The summed E-state index contributed by atoms with van der Waals surface area (Å²) in [6, 6.07) is 17.1. The van der Waals surface area contributed by atoms with Crippen molar-refractivity contribution in [3.05, 3.63) is 65.7 Å². The highest BCUT2D eigenvalue weighted by Gasteiger charge is 2.32. The predicted octanol–water partition coefficient (Wildman–Crippen LogP) is 1.29. The number of amides is 1. The van der Waals surface area contributed by atoms with Gasteiger partial charge in [0.15, 0.2) is 0 Å². The predicted molar refractivity (Wildman–Crippen MR) is 91.6 cm³/mol. The fourth-order valence-corrected chi connectivity index (χ4v) is 3.03. The largest absolute Gasteiger partial charge is 0.493 e. The summed E-state index contributed by atoms with van der Waals surface area (Å²) >= 11 is 0. The average molecular weight is 325 g/mol. The highest BCUT2D eigenvalue weighted by Crippen LogP contribution is 2.36. The summed E-state index contributed by atoms with van der Waals surface area (Å²) in [7, 11) is -1.61. The molecule has 0 spiro atoms. The van der Waals surface area contributed by atoms with Crippen molar-refractivity contribution in [2.45, 2.75) is 24.7 Å². The van der Waals surface area contributed by atoms with Crippen LogP contribution in [0.15, 0.2) is 54.6 Å². The number of para-hydroxylation sites is 1. The third kappa shape index (κ3) is 3.96. The van der Waals surface area contributed by atoms with Gasteiger partial charge in [0, 0.05) is 11.5 Å². The molecule has 3 N–H and O–H groups in total. The first-order valence-corrected chi connectivity index (χ1v) is 8.04. The second-order valence-electron chi connectivity index (χ2n) is 6.03. The number of rotatable bonds is 6. The zero-order chi connectivity index (χ0) is 16.9. The summed E-state index contributed by atoms with van der Waals surface area (Å²) < 4.78 is 5.62. The number of nitrogens with one attached hydrogen (secondary N) is 1. The molecule has 24 heavy (non-hydrogen) atoms. The number of hydrogen-bond acceptors (Lipinski definition) is 4. The van der Waals surface area contributed by atoms with E-state index in [0.717, 1.165) is 16.9 Å². The fourth-order valence-electron chi connectivity index (χ4n) is 3.03. The number of carbonyl (C=O) groups is 1. The van der Waals surface area contributed by atoms with Gasteiger partial charge in [0.2, 0.25) is 5.91 Å². The van der Waals surface area contributed by atoms with E-state index in [2.05, 4.69) is 5.32 Å². The number of carbonyl (C=O) groups excluding carboxylic acids is 1. The van der Waals surface area contributed by atoms with Gasteiger partial charge in [-0.3, -0.25) is 4.79 Å². The van der Waals surface area contributed by atoms with Crippen LogP contribution in [-0.4, -0.2) is 35.6 Å².